The lowest BCUT2D eigenvalue weighted by Gasteiger charge is -2.38. The molecule has 1 nitrogen and oxygen atoms in total. The van der Waals surface area contributed by atoms with Crippen molar-refractivity contribution >= 4 is 11.6 Å². The molecule has 1 fully saturated rings. The topological polar surface area (TPSA) is 12.0 Å². The minimum absolute atomic E-state index is 0.413. The van der Waals surface area contributed by atoms with Crippen LogP contribution in [-0.2, 0) is 0 Å². The summed E-state index contributed by atoms with van der Waals surface area (Å²) < 4.78 is 0. The lowest BCUT2D eigenvalue weighted by atomic mass is 9.75. The lowest BCUT2D eigenvalue weighted by Crippen LogP contribution is -2.41. The third-order valence-corrected chi connectivity index (χ3v) is 4.76. The van der Waals surface area contributed by atoms with E-state index in [1.807, 2.05) is 12.1 Å². The van der Waals surface area contributed by atoms with Crippen LogP contribution in [0, 0.1) is 6.92 Å². The van der Waals surface area contributed by atoms with Crippen molar-refractivity contribution < 1.29 is 0 Å². The van der Waals surface area contributed by atoms with Crippen LogP contribution in [0.5, 0.6) is 0 Å². The fourth-order valence-corrected chi connectivity index (χ4v) is 3.29. The first-order chi connectivity index (χ1) is 10.1. The van der Waals surface area contributed by atoms with Gasteiger partial charge in [0, 0.05) is 17.1 Å². The first-order valence-electron chi connectivity index (χ1n) is 7.70. The van der Waals surface area contributed by atoms with Gasteiger partial charge in [-0.3, -0.25) is 0 Å². The Morgan fingerprint density at radius 1 is 1.10 bits per heavy atom. The van der Waals surface area contributed by atoms with Crippen LogP contribution in [0.4, 0.5) is 0 Å². The molecule has 0 aliphatic heterocycles. The Hall–Kier alpha value is -1.31. The molecular weight excluding hydrogens is 278 g/mol. The van der Waals surface area contributed by atoms with E-state index in [1.165, 1.54) is 29.5 Å². The molecule has 0 saturated heterocycles. The second-order valence-electron chi connectivity index (χ2n) is 6.22. The predicted octanol–water partition coefficient (Wildman–Crippen LogP) is 5.25. The van der Waals surface area contributed by atoms with Crippen LogP contribution >= 0.6 is 11.6 Å². The number of nitrogens with one attached hydrogen (secondary N) is 1. The molecule has 21 heavy (non-hydrogen) atoms. The summed E-state index contributed by atoms with van der Waals surface area (Å²) >= 11 is 6.07. The van der Waals surface area contributed by atoms with Gasteiger partial charge in [0.1, 0.15) is 0 Å². The Morgan fingerprint density at radius 3 is 2.48 bits per heavy atom. The molecule has 0 bridgehead atoms. The van der Waals surface area contributed by atoms with Crippen molar-refractivity contribution in [1.82, 2.24) is 5.32 Å². The Morgan fingerprint density at radius 2 is 1.81 bits per heavy atom. The fourth-order valence-electron chi connectivity index (χ4n) is 3.09. The molecule has 1 N–H and O–H groups in total. The quantitative estimate of drug-likeness (QED) is 0.813. The molecule has 1 atom stereocenters. The zero-order valence-electron chi connectivity index (χ0n) is 12.6. The summed E-state index contributed by atoms with van der Waals surface area (Å²) in [6.07, 6.45) is 2.41. The van der Waals surface area contributed by atoms with Gasteiger partial charge in [-0.2, -0.15) is 0 Å². The van der Waals surface area contributed by atoms with Crippen LogP contribution in [0.25, 0.3) is 0 Å². The number of hydrogen-bond donors (Lipinski definition) is 1. The number of aryl methyl sites for hydroxylation is 1. The van der Waals surface area contributed by atoms with Gasteiger partial charge in [0.05, 0.1) is 0 Å². The zero-order valence-corrected chi connectivity index (χ0v) is 13.4. The Kier molecular flexibility index (Phi) is 4.32. The predicted molar refractivity (Wildman–Crippen MR) is 89.9 cm³/mol. The highest BCUT2D eigenvalue weighted by Gasteiger charge is 2.31. The van der Waals surface area contributed by atoms with E-state index in [-0.39, 0.29) is 0 Å². The van der Waals surface area contributed by atoms with E-state index in [0.29, 0.717) is 18.0 Å². The van der Waals surface area contributed by atoms with Gasteiger partial charge in [0.15, 0.2) is 0 Å². The number of benzene rings is 2. The lowest BCUT2D eigenvalue weighted by molar-refractivity contribution is 0.271. The van der Waals surface area contributed by atoms with Crippen molar-refractivity contribution in [3.63, 3.8) is 0 Å². The summed E-state index contributed by atoms with van der Waals surface area (Å²) in [5.74, 6) is 0.659. The number of rotatable bonds is 4. The van der Waals surface area contributed by atoms with Crippen molar-refractivity contribution in [2.45, 2.75) is 44.7 Å². The van der Waals surface area contributed by atoms with E-state index in [1.54, 1.807) is 0 Å². The normalized spacial score (nSPS) is 22.6. The molecule has 1 saturated carbocycles. The van der Waals surface area contributed by atoms with E-state index >= 15 is 0 Å². The van der Waals surface area contributed by atoms with E-state index in [0.717, 1.165) is 5.02 Å². The Balaban J connectivity index is 1.54. The van der Waals surface area contributed by atoms with Gasteiger partial charge in [-0.1, -0.05) is 53.6 Å². The highest BCUT2D eigenvalue weighted by atomic mass is 35.5. The second-order valence-corrected chi connectivity index (χ2v) is 6.66. The van der Waals surface area contributed by atoms with Crippen LogP contribution in [0.1, 0.15) is 48.4 Å². The van der Waals surface area contributed by atoms with E-state index in [4.69, 9.17) is 11.6 Å². The standard InChI is InChI=1S/C19H22ClN/c1-13-6-8-15(9-7-13)14(2)21-19-11-17(12-19)16-4-3-5-18(20)10-16/h3-10,14,17,19,21H,11-12H2,1-2H3. The fraction of sp³-hybridized carbons (Fsp3) is 0.368. The SMILES string of the molecule is Cc1ccc(C(C)NC2CC(c3cccc(Cl)c3)C2)cc1. The molecule has 110 valence electrons. The molecule has 2 heteroatoms. The number of halogens is 1. The number of hydrogen-bond acceptors (Lipinski definition) is 1. The highest BCUT2D eigenvalue weighted by Crippen LogP contribution is 2.38. The monoisotopic (exact) mass is 299 g/mol. The van der Waals surface area contributed by atoms with E-state index < -0.39 is 0 Å². The van der Waals surface area contributed by atoms with Crippen molar-refractivity contribution in [2.75, 3.05) is 0 Å². The van der Waals surface area contributed by atoms with Crippen LogP contribution in [0.2, 0.25) is 5.02 Å². The van der Waals surface area contributed by atoms with Crippen LogP contribution < -0.4 is 5.32 Å². The Labute approximate surface area is 132 Å². The molecule has 1 unspecified atom stereocenters. The van der Waals surface area contributed by atoms with Gasteiger partial charge >= 0.3 is 0 Å². The molecule has 0 aromatic heterocycles. The smallest absolute Gasteiger partial charge is 0.0408 e. The molecule has 0 amide bonds. The second kappa shape index (κ2) is 6.21. The average molecular weight is 300 g/mol. The molecule has 0 heterocycles. The first-order valence-corrected chi connectivity index (χ1v) is 8.07. The van der Waals surface area contributed by atoms with Crippen LogP contribution in [0.15, 0.2) is 48.5 Å². The van der Waals surface area contributed by atoms with Crippen molar-refractivity contribution in [2.24, 2.45) is 0 Å². The maximum atomic E-state index is 6.07. The molecule has 1 aliphatic carbocycles. The van der Waals surface area contributed by atoms with Gasteiger partial charge in [-0.05, 0) is 55.9 Å². The average Bonchev–Trinajstić information content (AvgIpc) is 2.43. The van der Waals surface area contributed by atoms with E-state index in [9.17, 15) is 0 Å². The molecule has 0 spiro atoms. The Bertz CT molecular complexity index is 599. The third-order valence-electron chi connectivity index (χ3n) is 4.52. The summed E-state index contributed by atoms with van der Waals surface area (Å²) in [7, 11) is 0. The summed E-state index contributed by atoms with van der Waals surface area (Å²) in [4.78, 5) is 0. The van der Waals surface area contributed by atoms with Crippen LogP contribution in [-0.4, -0.2) is 6.04 Å². The molecule has 2 aromatic carbocycles. The van der Waals surface area contributed by atoms with Crippen molar-refractivity contribution in [3.05, 3.63) is 70.2 Å². The summed E-state index contributed by atoms with van der Waals surface area (Å²) in [6, 6.07) is 18.1. The molecule has 2 aromatic rings. The van der Waals surface area contributed by atoms with E-state index in [2.05, 4.69) is 55.6 Å². The van der Waals surface area contributed by atoms with Gasteiger partial charge in [0.2, 0.25) is 0 Å². The van der Waals surface area contributed by atoms with Crippen molar-refractivity contribution in [1.29, 1.82) is 0 Å². The molecule has 0 radical (unpaired) electrons. The molecule has 1 aliphatic rings. The summed E-state index contributed by atoms with van der Waals surface area (Å²) in [5.41, 5.74) is 4.06. The van der Waals surface area contributed by atoms with Crippen molar-refractivity contribution in [3.8, 4) is 0 Å². The minimum atomic E-state index is 0.413. The zero-order chi connectivity index (χ0) is 14.8. The van der Waals surface area contributed by atoms with Gasteiger partial charge in [0.25, 0.3) is 0 Å². The van der Waals surface area contributed by atoms with Gasteiger partial charge in [-0.15, -0.1) is 0 Å². The molecular formula is C19H22ClN. The summed E-state index contributed by atoms with van der Waals surface area (Å²) in [5, 5.41) is 4.58. The van der Waals surface area contributed by atoms with Crippen LogP contribution in [0.3, 0.4) is 0 Å². The highest BCUT2D eigenvalue weighted by molar-refractivity contribution is 6.30. The largest absolute Gasteiger partial charge is 0.307 e. The maximum absolute atomic E-state index is 6.07. The first kappa shape index (κ1) is 14.6. The minimum Gasteiger partial charge on any atom is -0.307 e. The van der Waals surface area contributed by atoms with Gasteiger partial charge < -0.3 is 5.32 Å². The third kappa shape index (κ3) is 3.48. The maximum Gasteiger partial charge on any atom is 0.0408 e. The van der Waals surface area contributed by atoms with Gasteiger partial charge in [-0.25, -0.2) is 0 Å². The molecule has 3 rings (SSSR count). The summed E-state index contributed by atoms with van der Waals surface area (Å²) in [6.45, 7) is 4.38.